The maximum Gasteiger partial charge on any atom is 0.323 e. The van der Waals surface area contributed by atoms with Crippen LogP contribution in [0, 0.1) is 6.92 Å². The number of rotatable bonds is 4. The van der Waals surface area contributed by atoms with Gasteiger partial charge in [-0.2, -0.15) is 0 Å². The summed E-state index contributed by atoms with van der Waals surface area (Å²) < 4.78 is 0. The standard InChI is InChI=1S/C19H19N3O2/c1-13-6-7-15-12-16(8-9-18(15)20-13)21-19(24)22-17-5-3-2-4-14(17)10-11-23/h2-9,12,23H,10-11H2,1H3,(H2,21,22,24). The van der Waals surface area contributed by atoms with E-state index >= 15 is 0 Å². The van der Waals surface area contributed by atoms with Gasteiger partial charge >= 0.3 is 6.03 Å². The third-order valence-corrected chi connectivity index (χ3v) is 3.73. The Morgan fingerprint density at radius 3 is 2.75 bits per heavy atom. The number of nitrogens with zero attached hydrogens (tertiary/aromatic N) is 1. The molecule has 1 heterocycles. The molecule has 122 valence electrons. The number of hydrogen-bond donors (Lipinski definition) is 3. The number of aliphatic hydroxyl groups is 1. The minimum atomic E-state index is -0.320. The van der Waals surface area contributed by atoms with Crippen LogP contribution in [0.4, 0.5) is 16.2 Å². The Morgan fingerprint density at radius 2 is 1.92 bits per heavy atom. The average molecular weight is 321 g/mol. The Balaban J connectivity index is 1.74. The van der Waals surface area contributed by atoms with E-state index in [2.05, 4.69) is 15.6 Å². The summed E-state index contributed by atoms with van der Waals surface area (Å²) in [5.41, 5.74) is 4.15. The Labute approximate surface area is 140 Å². The normalized spacial score (nSPS) is 10.6. The molecule has 3 aromatic rings. The molecule has 2 aromatic carbocycles. The molecule has 0 aliphatic heterocycles. The van der Waals surface area contributed by atoms with Gasteiger partial charge in [-0.25, -0.2) is 4.79 Å². The first kappa shape index (κ1) is 16.0. The number of aliphatic hydroxyl groups excluding tert-OH is 1. The van der Waals surface area contributed by atoms with Crippen molar-refractivity contribution in [2.45, 2.75) is 13.3 Å². The van der Waals surface area contributed by atoms with E-state index in [1.807, 2.05) is 61.5 Å². The molecule has 2 amide bonds. The Kier molecular flexibility index (Phi) is 4.72. The number of nitrogens with one attached hydrogen (secondary N) is 2. The van der Waals surface area contributed by atoms with E-state index < -0.39 is 0 Å². The smallest absolute Gasteiger partial charge is 0.323 e. The van der Waals surface area contributed by atoms with Gasteiger partial charge in [-0.3, -0.25) is 4.98 Å². The second-order valence-electron chi connectivity index (χ2n) is 5.57. The zero-order valence-corrected chi connectivity index (χ0v) is 13.4. The second kappa shape index (κ2) is 7.10. The maximum atomic E-state index is 12.2. The Morgan fingerprint density at radius 1 is 1.08 bits per heavy atom. The third kappa shape index (κ3) is 3.70. The molecule has 3 rings (SSSR count). The van der Waals surface area contributed by atoms with Gasteiger partial charge in [-0.15, -0.1) is 0 Å². The molecule has 0 saturated heterocycles. The maximum absolute atomic E-state index is 12.2. The number of aromatic nitrogens is 1. The zero-order chi connectivity index (χ0) is 16.9. The molecule has 5 heteroatoms. The van der Waals surface area contributed by atoms with E-state index in [0.717, 1.165) is 22.2 Å². The van der Waals surface area contributed by atoms with Crippen molar-refractivity contribution in [3.05, 3.63) is 65.9 Å². The number of para-hydroxylation sites is 1. The van der Waals surface area contributed by atoms with Crippen LogP contribution in [0.15, 0.2) is 54.6 Å². The fourth-order valence-corrected chi connectivity index (χ4v) is 2.57. The molecule has 0 aliphatic carbocycles. The molecule has 0 fully saturated rings. The predicted molar refractivity (Wildman–Crippen MR) is 96.4 cm³/mol. The fourth-order valence-electron chi connectivity index (χ4n) is 2.57. The summed E-state index contributed by atoms with van der Waals surface area (Å²) in [4.78, 5) is 16.7. The molecular formula is C19H19N3O2. The lowest BCUT2D eigenvalue weighted by Gasteiger charge is -2.12. The number of anilines is 2. The van der Waals surface area contributed by atoms with Crippen LogP contribution >= 0.6 is 0 Å². The molecule has 0 unspecified atom stereocenters. The van der Waals surface area contributed by atoms with Crippen molar-refractivity contribution in [1.29, 1.82) is 0 Å². The van der Waals surface area contributed by atoms with Gasteiger partial charge in [-0.1, -0.05) is 24.3 Å². The van der Waals surface area contributed by atoms with Crippen molar-refractivity contribution < 1.29 is 9.90 Å². The highest BCUT2D eigenvalue weighted by atomic mass is 16.3. The number of carbonyl (C=O) groups is 1. The highest BCUT2D eigenvalue weighted by molar-refractivity contribution is 6.01. The van der Waals surface area contributed by atoms with Gasteiger partial charge in [0, 0.05) is 29.1 Å². The first-order chi connectivity index (χ1) is 11.7. The lowest BCUT2D eigenvalue weighted by Crippen LogP contribution is -2.20. The molecular weight excluding hydrogens is 302 g/mol. The highest BCUT2D eigenvalue weighted by Crippen LogP contribution is 2.19. The van der Waals surface area contributed by atoms with Crippen LogP contribution in [0.1, 0.15) is 11.3 Å². The monoisotopic (exact) mass is 321 g/mol. The summed E-state index contributed by atoms with van der Waals surface area (Å²) in [5, 5.41) is 15.7. The number of fused-ring (bicyclic) bond motifs is 1. The molecule has 0 radical (unpaired) electrons. The molecule has 3 N–H and O–H groups in total. The van der Waals surface area contributed by atoms with E-state index in [1.165, 1.54) is 0 Å². The summed E-state index contributed by atoms with van der Waals surface area (Å²) in [5.74, 6) is 0. The minimum Gasteiger partial charge on any atom is -0.396 e. The molecule has 1 aromatic heterocycles. The summed E-state index contributed by atoms with van der Waals surface area (Å²) in [6.45, 7) is 1.99. The average Bonchev–Trinajstić information content (AvgIpc) is 2.57. The molecule has 0 aliphatic rings. The molecule has 0 saturated carbocycles. The number of urea groups is 1. The van der Waals surface area contributed by atoms with Crippen LogP contribution < -0.4 is 10.6 Å². The van der Waals surface area contributed by atoms with Gasteiger partial charge in [0.05, 0.1) is 5.52 Å². The van der Waals surface area contributed by atoms with Crippen molar-refractivity contribution in [1.82, 2.24) is 4.98 Å². The van der Waals surface area contributed by atoms with E-state index in [0.29, 0.717) is 17.8 Å². The number of pyridine rings is 1. The SMILES string of the molecule is Cc1ccc2cc(NC(=O)Nc3ccccc3CCO)ccc2n1. The van der Waals surface area contributed by atoms with Crippen molar-refractivity contribution in [3.63, 3.8) is 0 Å². The van der Waals surface area contributed by atoms with Crippen LogP contribution in [-0.2, 0) is 6.42 Å². The van der Waals surface area contributed by atoms with Crippen LogP contribution in [0.25, 0.3) is 10.9 Å². The van der Waals surface area contributed by atoms with Gasteiger partial charge in [0.25, 0.3) is 0 Å². The Bertz CT molecular complexity index is 877. The fraction of sp³-hybridized carbons (Fsp3) is 0.158. The van der Waals surface area contributed by atoms with E-state index in [4.69, 9.17) is 5.11 Å². The van der Waals surface area contributed by atoms with Crippen LogP contribution in [0.5, 0.6) is 0 Å². The van der Waals surface area contributed by atoms with Crippen LogP contribution in [-0.4, -0.2) is 22.7 Å². The van der Waals surface area contributed by atoms with E-state index in [1.54, 1.807) is 0 Å². The first-order valence-electron chi connectivity index (χ1n) is 7.80. The quantitative estimate of drug-likeness (QED) is 0.685. The zero-order valence-electron chi connectivity index (χ0n) is 13.4. The van der Waals surface area contributed by atoms with E-state index in [-0.39, 0.29) is 12.6 Å². The van der Waals surface area contributed by atoms with Gasteiger partial charge < -0.3 is 15.7 Å². The van der Waals surface area contributed by atoms with Gasteiger partial charge in [0.1, 0.15) is 0 Å². The topological polar surface area (TPSA) is 74.2 Å². The molecule has 5 nitrogen and oxygen atoms in total. The van der Waals surface area contributed by atoms with E-state index in [9.17, 15) is 4.79 Å². The molecule has 24 heavy (non-hydrogen) atoms. The van der Waals surface area contributed by atoms with Crippen molar-refractivity contribution >= 4 is 28.3 Å². The number of carbonyl (C=O) groups excluding carboxylic acids is 1. The predicted octanol–water partition coefficient (Wildman–Crippen LogP) is 3.72. The molecule has 0 spiro atoms. The molecule has 0 atom stereocenters. The number of benzene rings is 2. The van der Waals surface area contributed by atoms with Crippen molar-refractivity contribution in [2.24, 2.45) is 0 Å². The van der Waals surface area contributed by atoms with Crippen LogP contribution in [0.2, 0.25) is 0 Å². The first-order valence-corrected chi connectivity index (χ1v) is 7.80. The number of amides is 2. The van der Waals surface area contributed by atoms with Gasteiger partial charge in [0.15, 0.2) is 0 Å². The summed E-state index contributed by atoms with van der Waals surface area (Å²) in [7, 11) is 0. The lowest BCUT2D eigenvalue weighted by atomic mass is 10.1. The molecule has 0 bridgehead atoms. The van der Waals surface area contributed by atoms with Crippen molar-refractivity contribution in [3.8, 4) is 0 Å². The number of aryl methyl sites for hydroxylation is 1. The van der Waals surface area contributed by atoms with Crippen LogP contribution in [0.3, 0.4) is 0 Å². The summed E-state index contributed by atoms with van der Waals surface area (Å²) in [6, 6.07) is 16.6. The Hall–Kier alpha value is -2.92. The summed E-state index contributed by atoms with van der Waals surface area (Å²) >= 11 is 0. The lowest BCUT2D eigenvalue weighted by molar-refractivity contribution is 0.262. The number of hydrogen-bond acceptors (Lipinski definition) is 3. The second-order valence-corrected chi connectivity index (χ2v) is 5.57. The third-order valence-electron chi connectivity index (χ3n) is 3.73. The highest BCUT2D eigenvalue weighted by Gasteiger charge is 2.07. The summed E-state index contributed by atoms with van der Waals surface area (Å²) in [6.07, 6.45) is 0.497. The largest absolute Gasteiger partial charge is 0.396 e. The van der Waals surface area contributed by atoms with Gasteiger partial charge in [-0.05, 0) is 49.2 Å². The minimum absolute atomic E-state index is 0.0391. The van der Waals surface area contributed by atoms with Gasteiger partial charge in [0.2, 0.25) is 0 Å². The van der Waals surface area contributed by atoms with Crippen molar-refractivity contribution in [2.75, 3.05) is 17.2 Å².